The Hall–Kier alpha value is -3.75. The summed E-state index contributed by atoms with van der Waals surface area (Å²) in [6.45, 7) is 1.50. The number of carbonyl (C=O) groups excluding carboxylic acids is 2. The summed E-state index contributed by atoms with van der Waals surface area (Å²) in [4.78, 5) is 37.4. The third kappa shape index (κ3) is 6.88. The zero-order valence-corrected chi connectivity index (χ0v) is 20.2. The Morgan fingerprint density at radius 3 is 2.54 bits per heavy atom. The van der Waals surface area contributed by atoms with Crippen LogP contribution in [0.15, 0.2) is 42.5 Å². The molecule has 0 unspecified atom stereocenters. The van der Waals surface area contributed by atoms with E-state index >= 15 is 0 Å². The van der Waals surface area contributed by atoms with E-state index in [1.54, 1.807) is 43.4 Å². The number of likely N-dealkylation sites (tertiary alicyclic amines) is 1. The van der Waals surface area contributed by atoms with Crippen molar-refractivity contribution in [2.75, 3.05) is 27.4 Å². The van der Waals surface area contributed by atoms with Gasteiger partial charge in [0, 0.05) is 13.5 Å². The molecule has 2 atom stereocenters. The molecule has 188 valence electrons. The average molecular weight is 486 g/mol. The molecule has 1 saturated heterocycles. The number of ether oxygens (including phenoxy) is 4. The molecule has 1 aliphatic rings. The number of rotatable bonds is 11. The van der Waals surface area contributed by atoms with Crippen molar-refractivity contribution < 1.29 is 38.4 Å². The Labute approximate surface area is 204 Å². The molecular formula is C26H31NO8. The normalized spacial score (nSPS) is 15.9. The minimum atomic E-state index is -1.09. The maximum atomic E-state index is 13.1. The predicted octanol–water partition coefficient (Wildman–Crippen LogP) is 3.40. The summed E-state index contributed by atoms with van der Waals surface area (Å²) in [5.74, 6) is -0.110. The molecule has 9 heteroatoms. The molecule has 1 fully saturated rings. The van der Waals surface area contributed by atoms with Crippen LogP contribution in [0.2, 0.25) is 0 Å². The number of methoxy groups -OCH3 is 2. The number of carbonyl (C=O) groups is 3. The van der Waals surface area contributed by atoms with Crippen molar-refractivity contribution in [3.8, 4) is 17.2 Å². The number of esters is 1. The molecule has 0 saturated carbocycles. The molecule has 35 heavy (non-hydrogen) atoms. The van der Waals surface area contributed by atoms with Gasteiger partial charge in [0.2, 0.25) is 5.91 Å². The molecule has 1 heterocycles. The summed E-state index contributed by atoms with van der Waals surface area (Å²) in [6, 6.07) is 11.8. The van der Waals surface area contributed by atoms with Crippen molar-refractivity contribution in [3.63, 3.8) is 0 Å². The summed E-state index contributed by atoms with van der Waals surface area (Å²) in [5.41, 5.74) is 1.64. The van der Waals surface area contributed by atoms with Gasteiger partial charge < -0.3 is 29.0 Å². The fourth-order valence-corrected chi connectivity index (χ4v) is 4.18. The number of benzene rings is 2. The van der Waals surface area contributed by atoms with Crippen LogP contribution in [0.1, 0.15) is 43.4 Å². The van der Waals surface area contributed by atoms with E-state index in [2.05, 4.69) is 0 Å². The minimum Gasteiger partial charge on any atom is -0.493 e. The van der Waals surface area contributed by atoms with Gasteiger partial charge in [-0.1, -0.05) is 18.2 Å². The van der Waals surface area contributed by atoms with Crippen LogP contribution in [0.25, 0.3) is 0 Å². The van der Waals surface area contributed by atoms with Gasteiger partial charge in [0.05, 0.1) is 14.2 Å². The predicted molar refractivity (Wildman–Crippen MR) is 127 cm³/mol. The van der Waals surface area contributed by atoms with Gasteiger partial charge in [0.15, 0.2) is 18.1 Å². The zero-order valence-electron chi connectivity index (χ0n) is 20.2. The molecule has 0 radical (unpaired) electrons. The van der Waals surface area contributed by atoms with E-state index in [4.69, 9.17) is 24.1 Å². The van der Waals surface area contributed by atoms with Crippen LogP contribution in [-0.2, 0) is 25.5 Å². The van der Waals surface area contributed by atoms with Gasteiger partial charge in [0.1, 0.15) is 17.9 Å². The van der Waals surface area contributed by atoms with Gasteiger partial charge in [-0.25, -0.2) is 9.59 Å². The highest BCUT2D eigenvalue weighted by Gasteiger charge is 2.35. The number of nitrogens with zero attached hydrogens (tertiary/aromatic N) is 1. The van der Waals surface area contributed by atoms with Gasteiger partial charge in [0.25, 0.3) is 0 Å². The van der Waals surface area contributed by atoms with E-state index in [1.807, 2.05) is 18.2 Å². The number of hydrogen-bond donors (Lipinski definition) is 1. The first-order valence-corrected chi connectivity index (χ1v) is 11.5. The fourth-order valence-electron chi connectivity index (χ4n) is 4.18. The Bertz CT molecular complexity index is 1050. The summed E-state index contributed by atoms with van der Waals surface area (Å²) in [5, 5.41) is 8.91. The number of hydrogen-bond acceptors (Lipinski definition) is 7. The van der Waals surface area contributed by atoms with E-state index < -0.39 is 30.7 Å². The Balaban J connectivity index is 1.81. The second-order valence-corrected chi connectivity index (χ2v) is 8.28. The van der Waals surface area contributed by atoms with Gasteiger partial charge in [-0.3, -0.25) is 4.79 Å². The summed E-state index contributed by atoms with van der Waals surface area (Å²) < 4.78 is 21.9. The Kier molecular flexibility index (Phi) is 8.94. The summed E-state index contributed by atoms with van der Waals surface area (Å²) in [7, 11) is 3.14. The van der Waals surface area contributed by atoms with Gasteiger partial charge in [-0.2, -0.15) is 0 Å². The molecule has 0 aliphatic carbocycles. The first kappa shape index (κ1) is 25.9. The minimum absolute atomic E-state index is 0.157. The first-order chi connectivity index (χ1) is 16.8. The van der Waals surface area contributed by atoms with Crippen LogP contribution >= 0.6 is 0 Å². The zero-order chi connectivity index (χ0) is 25.4. The first-order valence-electron chi connectivity index (χ1n) is 11.5. The van der Waals surface area contributed by atoms with Gasteiger partial charge >= 0.3 is 11.9 Å². The molecule has 9 nitrogen and oxygen atoms in total. The van der Waals surface area contributed by atoms with Crippen LogP contribution in [0.5, 0.6) is 17.2 Å². The molecule has 2 aromatic carbocycles. The third-order valence-electron chi connectivity index (χ3n) is 5.92. The Morgan fingerprint density at radius 2 is 1.86 bits per heavy atom. The number of aryl methyl sites for hydroxylation is 1. The van der Waals surface area contributed by atoms with Crippen molar-refractivity contribution in [2.24, 2.45) is 0 Å². The standard InChI is InChI=1S/C26H31NO8/c1-17(28)27-13-5-8-21(27)26(31)35-22(19-6-4-7-20(15-19)34-16-25(29)30)11-9-18-10-12-23(32-2)24(14-18)33-3/h4,6-7,10,12,14-15,21-22H,5,8-9,11,13,16H2,1-3H3,(H,29,30)/t21-,22+/m0/s1. The lowest BCUT2D eigenvalue weighted by molar-refractivity contribution is -0.158. The number of carboxylic acid groups (broad SMARTS) is 1. The SMILES string of the molecule is COc1ccc(CC[C@@H](OC(=O)[C@@H]2CCCN2C(C)=O)c2cccc(OCC(=O)O)c2)cc1OC. The lowest BCUT2D eigenvalue weighted by Crippen LogP contribution is -2.40. The molecule has 1 amide bonds. The Morgan fingerprint density at radius 1 is 1.09 bits per heavy atom. The smallest absolute Gasteiger partial charge is 0.341 e. The lowest BCUT2D eigenvalue weighted by atomic mass is 10.0. The second-order valence-electron chi connectivity index (χ2n) is 8.28. The second kappa shape index (κ2) is 12.1. The van der Waals surface area contributed by atoms with Crippen LogP contribution in [0, 0.1) is 0 Å². The van der Waals surface area contributed by atoms with Crippen LogP contribution in [0.3, 0.4) is 0 Å². The van der Waals surface area contributed by atoms with Crippen molar-refractivity contribution in [1.29, 1.82) is 0 Å². The molecule has 0 aromatic heterocycles. The lowest BCUT2D eigenvalue weighted by Gasteiger charge is -2.25. The van der Waals surface area contributed by atoms with E-state index in [0.717, 1.165) is 12.0 Å². The number of carboxylic acids is 1. The molecule has 1 aliphatic heterocycles. The maximum absolute atomic E-state index is 13.1. The molecule has 0 bridgehead atoms. The van der Waals surface area contributed by atoms with E-state index in [9.17, 15) is 14.4 Å². The van der Waals surface area contributed by atoms with Crippen LogP contribution in [0.4, 0.5) is 0 Å². The molecule has 3 rings (SSSR count). The number of aliphatic carboxylic acids is 1. The van der Waals surface area contributed by atoms with E-state index in [1.165, 1.54) is 6.92 Å². The monoisotopic (exact) mass is 485 g/mol. The van der Waals surface area contributed by atoms with Crippen molar-refractivity contribution in [2.45, 2.75) is 44.8 Å². The molecule has 2 aromatic rings. The van der Waals surface area contributed by atoms with Crippen molar-refractivity contribution >= 4 is 17.8 Å². The highest BCUT2D eigenvalue weighted by atomic mass is 16.5. The van der Waals surface area contributed by atoms with Gasteiger partial charge in [-0.05, 0) is 61.1 Å². The van der Waals surface area contributed by atoms with E-state index in [0.29, 0.717) is 48.6 Å². The molecular weight excluding hydrogens is 454 g/mol. The highest BCUT2D eigenvalue weighted by Crippen LogP contribution is 2.32. The third-order valence-corrected chi connectivity index (χ3v) is 5.92. The van der Waals surface area contributed by atoms with E-state index in [-0.39, 0.29) is 5.91 Å². The van der Waals surface area contributed by atoms with Crippen molar-refractivity contribution in [1.82, 2.24) is 4.90 Å². The molecule has 0 spiro atoms. The highest BCUT2D eigenvalue weighted by molar-refractivity contribution is 5.84. The topological polar surface area (TPSA) is 112 Å². The van der Waals surface area contributed by atoms with Crippen LogP contribution < -0.4 is 14.2 Å². The number of amides is 1. The maximum Gasteiger partial charge on any atom is 0.341 e. The summed E-state index contributed by atoms with van der Waals surface area (Å²) >= 11 is 0. The van der Waals surface area contributed by atoms with Crippen molar-refractivity contribution in [3.05, 3.63) is 53.6 Å². The quantitative estimate of drug-likeness (QED) is 0.482. The average Bonchev–Trinajstić information content (AvgIpc) is 3.36. The molecule has 1 N–H and O–H groups in total. The fraction of sp³-hybridized carbons (Fsp3) is 0.423. The largest absolute Gasteiger partial charge is 0.493 e. The van der Waals surface area contributed by atoms with Gasteiger partial charge in [-0.15, -0.1) is 0 Å². The summed E-state index contributed by atoms with van der Waals surface area (Å²) in [6.07, 6.45) is 1.70. The van der Waals surface area contributed by atoms with Crippen LogP contribution in [-0.4, -0.2) is 61.3 Å².